The minimum atomic E-state index is -0.288. The van der Waals surface area contributed by atoms with Crippen molar-refractivity contribution in [2.45, 2.75) is 31.6 Å². The van der Waals surface area contributed by atoms with Gasteiger partial charge in [-0.15, -0.1) is 0 Å². The number of benzene rings is 2. The molecule has 0 bridgehead atoms. The summed E-state index contributed by atoms with van der Waals surface area (Å²) in [6.07, 6.45) is 5.43. The molecule has 36 heavy (non-hydrogen) atoms. The molecule has 0 radical (unpaired) electrons. The summed E-state index contributed by atoms with van der Waals surface area (Å²) in [5.41, 5.74) is 5.35. The first-order chi connectivity index (χ1) is 17.6. The summed E-state index contributed by atoms with van der Waals surface area (Å²) in [5.74, 6) is 0.433. The van der Waals surface area contributed by atoms with Crippen molar-refractivity contribution < 1.29 is 9.53 Å². The van der Waals surface area contributed by atoms with E-state index in [0.717, 1.165) is 48.4 Å². The molecule has 0 spiro atoms. The zero-order valence-electron chi connectivity index (χ0n) is 20.7. The molecule has 3 heterocycles. The van der Waals surface area contributed by atoms with Crippen LogP contribution in [0.15, 0.2) is 79.1 Å². The molecule has 1 fully saturated rings. The largest absolute Gasteiger partial charge is 0.469 e. The van der Waals surface area contributed by atoms with Gasteiger partial charge in [-0.25, -0.2) is 14.6 Å². The number of likely N-dealkylation sites (tertiary alicyclic amines) is 1. The average Bonchev–Trinajstić information content (AvgIpc) is 3.38. The van der Waals surface area contributed by atoms with Crippen LogP contribution in [0.2, 0.25) is 0 Å². The van der Waals surface area contributed by atoms with Crippen LogP contribution in [0.5, 0.6) is 0 Å². The van der Waals surface area contributed by atoms with Gasteiger partial charge >= 0.3 is 5.97 Å². The number of carbonyl (C=O) groups excluding carboxylic acids is 1. The third kappa shape index (κ3) is 5.21. The van der Waals surface area contributed by atoms with Crippen LogP contribution >= 0.6 is 0 Å². The number of hydrogen-bond donors (Lipinski definition) is 0. The summed E-state index contributed by atoms with van der Waals surface area (Å²) in [7, 11) is 1.46. The van der Waals surface area contributed by atoms with Gasteiger partial charge in [0.25, 0.3) is 5.95 Å². The lowest BCUT2D eigenvalue weighted by Crippen LogP contribution is -2.38. The molecule has 7 heteroatoms. The second-order valence-corrected chi connectivity index (χ2v) is 9.34. The van der Waals surface area contributed by atoms with Crippen LogP contribution in [0.1, 0.15) is 41.5 Å². The maximum absolute atomic E-state index is 12.6. The van der Waals surface area contributed by atoms with E-state index >= 15 is 0 Å². The van der Waals surface area contributed by atoms with Crippen LogP contribution in [0, 0.1) is 6.92 Å². The lowest BCUT2D eigenvalue weighted by atomic mass is 9.91. The standard InChI is InChI=1S/C29H31N5O2/c1-21-9-11-23(12-10-21)26-19-27(34(32-26)29-30-15-6-16-31-29)24-13-17-33(18-14-24)20-25(28(35)36-2)22-7-4-3-5-8-22/h3-12,15-16,19,24-25H,13-14,17-18,20H2,1-2H3. The van der Waals surface area contributed by atoms with Crippen molar-refractivity contribution >= 4 is 5.97 Å². The number of nitrogens with zero attached hydrogens (tertiary/aromatic N) is 5. The quantitative estimate of drug-likeness (QED) is 0.354. The summed E-state index contributed by atoms with van der Waals surface area (Å²) >= 11 is 0. The Morgan fingerprint density at radius 3 is 2.36 bits per heavy atom. The zero-order chi connectivity index (χ0) is 24.9. The molecule has 1 aliphatic rings. The van der Waals surface area contributed by atoms with Gasteiger partial charge in [0.1, 0.15) is 0 Å². The maximum Gasteiger partial charge on any atom is 0.314 e. The number of aryl methyl sites for hydroxylation is 1. The molecule has 1 aliphatic heterocycles. The van der Waals surface area contributed by atoms with E-state index in [-0.39, 0.29) is 11.9 Å². The number of methoxy groups -OCH3 is 1. The Kier molecular flexibility index (Phi) is 7.18. The van der Waals surface area contributed by atoms with E-state index in [2.05, 4.69) is 52.1 Å². The van der Waals surface area contributed by atoms with Crippen molar-refractivity contribution in [1.29, 1.82) is 0 Å². The van der Waals surface area contributed by atoms with Gasteiger partial charge in [0, 0.05) is 30.4 Å². The molecular formula is C29H31N5O2. The Balaban J connectivity index is 1.36. The van der Waals surface area contributed by atoms with E-state index in [1.54, 1.807) is 12.4 Å². The first-order valence-corrected chi connectivity index (χ1v) is 12.4. The van der Waals surface area contributed by atoms with E-state index in [1.807, 2.05) is 41.1 Å². The van der Waals surface area contributed by atoms with E-state index < -0.39 is 0 Å². The van der Waals surface area contributed by atoms with Crippen LogP contribution in [-0.4, -0.2) is 57.4 Å². The van der Waals surface area contributed by atoms with Crippen molar-refractivity contribution in [3.05, 3.63) is 95.9 Å². The predicted molar refractivity (Wildman–Crippen MR) is 139 cm³/mol. The molecule has 0 saturated carbocycles. The van der Waals surface area contributed by atoms with Crippen LogP contribution in [0.4, 0.5) is 0 Å². The number of esters is 1. The third-order valence-electron chi connectivity index (χ3n) is 6.96. The Morgan fingerprint density at radius 1 is 1.00 bits per heavy atom. The number of carbonyl (C=O) groups is 1. The van der Waals surface area contributed by atoms with Gasteiger partial charge in [0.15, 0.2) is 0 Å². The smallest absolute Gasteiger partial charge is 0.314 e. The summed E-state index contributed by atoms with van der Waals surface area (Å²) < 4.78 is 7.02. The average molecular weight is 482 g/mol. The van der Waals surface area contributed by atoms with Gasteiger partial charge < -0.3 is 9.64 Å². The van der Waals surface area contributed by atoms with E-state index in [9.17, 15) is 4.79 Å². The van der Waals surface area contributed by atoms with E-state index in [0.29, 0.717) is 18.4 Å². The second kappa shape index (κ2) is 10.8. The molecule has 2 aromatic carbocycles. The number of rotatable bonds is 7. The fourth-order valence-corrected chi connectivity index (χ4v) is 4.93. The predicted octanol–water partition coefficient (Wildman–Crippen LogP) is 4.77. The Morgan fingerprint density at radius 2 is 1.69 bits per heavy atom. The molecule has 2 aromatic heterocycles. The SMILES string of the molecule is COC(=O)C(CN1CCC(c2cc(-c3ccc(C)cc3)nn2-c2ncccn2)CC1)c1ccccc1. The minimum Gasteiger partial charge on any atom is -0.469 e. The highest BCUT2D eigenvalue weighted by Crippen LogP contribution is 2.33. The minimum absolute atomic E-state index is 0.189. The van der Waals surface area contributed by atoms with Gasteiger partial charge in [-0.2, -0.15) is 5.10 Å². The van der Waals surface area contributed by atoms with E-state index in [4.69, 9.17) is 9.84 Å². The Labute approximate surface area is 211 Å². The molecule has 4 aromatic rings. The summed E-state index contributed by atoms with van der Waals surface area (Å²) in [6, 6.07) is 22.3. The van der Waals surface area contributed by atoms with Crippen LogP contribution in [-0.2, 0) is 9.53 Å². The topological polar surface area (TPSA) is 73.1 Å². The molecule has 0 aliphatic carbocycles. The summed E-state index contributed by atoms with van der Waals surface area (Å²) in [4.78, 5) is 23.9. The van der Waals surface area contributed by atoms with Gasteiger partial charge in [0.2, 0.25) is 0 Å². The van der Waals surface area contributed by atoms with Crippen LogP contribution in [0.25, 0.3) is 17.2 Å². The lowest BCUT2D eigenvalue weighted by Gasteiger charge is -2.33. The highest BCUT2D eigenvalue weighted by molar-refractivity contribution is 5.78. The normalized spacial score (nSPS) is 15.5. The fourth-order valence-electron chi connectivity index (χ4n) is 4.93. The molecule has 1 saturated heterocycles. The number of ether oxygens (including phenoxy) is 1. The molecule has 0 N–H and O–H groups in total. The Hall–Kier alpha value is -3.84. The van der Waals surface area contributed by atoms with Crippen molar-refractivity contribution in [2.75, 3.05) is 26.7 Å². The number of aromatic nitrogens is 4. The molecule has 1 unspecified atom stereocenters. The second-order valence-electron chi connectivity index (χ2n) is 9.34. The lowest BCUT2D eigenvalue weighted by molar-refractivity contribution is -0.143. The van der Waals surface area contributed by atoms with Gasteiger partial charge in [-0.1, -0.05) is 60.2 Å². The molecule has 0 amide bonds. The van der Waals surface area contributed by atoms with Gasteiger partial charge in [0.05, 0.1) is 24.4 Å². The number of hydrogen-bond acceptors (Lipinski definition) is 6. The number of piperidine rings is 1. The third-order valence-corrected chi connectivity index (χ3v) is 6.96. The van der Waals surface area contributed by atoms with Crippen molar-refractivity contribution in [3.63, 3.8) is 0 Å². The molecule has 184 valence electrons. The van der Waals surface area contributed by atoms with Gasteiger partial charge in [-0.3, -0.25) is 4.79 Å². The first-order valence-electron chi connectivity index (χ1n) is 12.4. The zero-order valence-corrected chi connectivity index (χ0v) is 20.7. The Bertz CT molecular complexity index is 1280. The fraction of sp³-hybridized carbons (Fsp3) is 0.310. The molecule has 7 nitrogen and oxygen atoms in total. The highest BCUT2D eigenvalue weighted by Gasteiger charge is 2.29. The van der Waals surface area contributed by atoms with E-state index in [1.165, 1.54) is 12.7 Å². The first kappa shape index (κ1) is 23.9. The van der Waals surface area contributed by atoms with Crippen molar-refractivity contribution in [3.8, 4) is 17.2 Å². The van der Waals surface area contributed by atoms with Crippen molar-refractivity contribution in [1.82, 2.24) is 24.6 Å². The van der Waals surface area contributed by atoms with Gasteiger partial charge in [-0.05, 0) is 50.6 Å². The molecule has 5 rings (SSSR count). The van der Waals surface area contributed by atoms with Crippen molar-refractivity contribution in [2.24, 2.45) is 0 Å². The maximum atomic E-state index is 12.6. The highest BCUT2D eigenvalue weighted by atomic mass is 16.5. The summed E-state index contributed by atoms with van der Waals surface area (Å²) in [5, 5.41) is 4.91. The molecule has 1 atom stereocenters. The van der Waals surface area contributed by atoms with Crippen LogP contribution in [0.3, 0.4) is 0 Å². The molecular weight excluding hydrogens is 450 g/mol. The summed E-state index contributed by atoms with van der Waals surface area (Å²) in [6.45, 7) is 4.53. The van der Waals surface area contributed by atoms with Crippen LogP contribution < -0.4 is 0 Å². The monoisotopic (exact) mass is 481 g/mol.